The van der Waals surface area contributed by atoms with Crippen molar-refractivity contribution in [2.24, 2.45) is 11.7 Å². The van der Waals surface area contributed by atoms with E-state index in [2.05, 4.69) is 10.6 Å². The van der Waals surface area contributed by atoms with Gasteiger partial charge in [0.25, 0.3) is 0 Å². The fraction of sp³-hybridized carbons (Fsp3) is 0.471. The van der Waals surface area contributed by atoms with Gasteiger partial charge in [-0.1, -0.05) is 44.2 Å². The van der Waals surface area contributed by atoms with Crippen molar-refractivity contribution in [2.45, 2.75) is 45.3 Å². The van der Waals surface area contributed by atoms with Crippen LogP contribution in [0.25, 0.3) is 0 Å². The van der Waals surface area contributed by atoms with E-state index in [9.17, 15) is 19.5 Å². The summed E-state index contributed by atoms with van der Waals surface area (Å²) < 4.78 is 0. The summed E-state index contributed by atoms with van der Waals surface area (Å²) in [6.45, 7) is 5.04. The maximum Gasteiger partial charge on any atom is 0.326 e. The monoisotopic (exact) mass is 335 g/mol. The second-order valence-electron chi connectivity index (χ2n) is 6.11. The van der Waals surface area contributed by atoms with E-state index >= 15 is 0 Å². The molecule has 0 saturated carbocycles. The summed E-state index contributed by atoms with van der Waals surface area (Å²) in [6, 6.07) is 6.34. The molecule has 0 saturated heterocycles. The Labute approximate surface area is 141 Å². The number of benzene rings is 1. The van der Waals surface area contributed by atoms with Crippen LogP contribution in [0, 0.1) is 5.92 Å². The number of rotatable bonds is 8. The van der Waals surface area contributed by atoms with Crippen molar-refractivity contribution in [3.05, 3.63) is 35.9 Å². The number of amides is 2. The van der Waals surface area contributed by atoms with Crippen LogP contribution < -0.4 is 16.4 Å². The molecule has 1 aromatic rings. The van der Waals surface area contributed by atoms with E-state index < -0.39 is 35.9 Å². The van der Waals surface area contributed by atoms with Crippen molar-refractivity contribution < 1.29 is 19.5 Å². The summed E-state index contributed by atoms with van der Waals surface area (Å²) in [5.74, 6) is -2.34. The molecule has 5 N–H and O–H groups in total. The van der Waals surface area contributed by atoms with Gasteiger partial charge in [0.1, 0.15) is 12.1 Å². The first kappa shape index (κ1) is 19.6. The highest BCUT2D eigenvalue weighted by Crippen LogP contribution is 2.07. The van der Waals surface area contributed by atoms with Gasteiger partial charge < -0.3 is 21.5 Å². The average Bonchev–Trinajstić information content (AvgIpc) is 2.51. The Morgan fingerprint density at radius 3 is 2.08 bits per heavy atom. The molecular weight excluding hydrogens is 310 g/mol. The molecule has 0 heterocycles. The second-order valence-corrected chi connectivity index (χ2v) is 6.11. The van der Waals surface area contributed by atoms with Crippen molar-refractivity contribution in [3.8, 4) is 0 Å². The summed E-state index contributed by atoms with van der Waals surface area (Å²) >= 11 is 0. The first-order valence-electron chi connectivity index (χ1n) is 7.85. The Bertz CT molecular complexity index is 572. The number of nitrogens with one attached hydrogen (secondary N) is 2. The number of nitrogens with two attached hydrogens (primary N) is 1. The lowest BCUT2D eigenvalue weighted by molar-refractivity contribution is -0.142. The maximum absolute atomic E-state index is 12.4. The third-order valence-electron chi connectivity index (χ3n) is 3.56. The third kappa shape index (κ3) is 6.00. The molecule has 2 amide bonds. The minimum absolute atomic E-state index is 0.161. The topological polar surface area (TPSA) is 122 Å². The van der Waals surface area contributed by atoms with Crippen LogP contribution in [0.1, 0.15) is 26.3 Å². The fourth-order valence-electron chi connectivity index (χ4n) is 2.13. The first-order valence-corrected chi connectivity index (χ1v) is 7.85. The van der Waals surface area contributed by atoms with E-state index in [0.717, 1.165) is 5.56 Å². The molecule has 0 radical (unpaired) electrons. The van der Waals surface area contributed by atoms with Crippen LogP contribution in [0.4, 0.5) is 0 Å². The smallest absolute Gasteiger partial charge is 0.326 e. The third-order valence-corrected chi connectivity index (χ3v) is 3.56. The minimum atomic E-state index is -1.13. The predicted molar refractivity (Wildman–Crippen MR) is 90.1 cm³/mol. The Morgan fingerprint density at radius 1 is 1.04 bits per heavy atom. The van der Waals surface area contributed by atoms with Crippen molar-refractivity contribution in [1.29, 1.82) is 0 Å². The molecule has 0 bridgehead atoms. The molecule has 1 aromatic carbocycles. The van der Waals surface area contributed by atoms with Gasteiger partial charge in [0.2, 0.25) is 11.8 Å². The van der Waals surface area contributed by atoms with Crippen LogP contribution in [-0.4, -0.2) is 41.0 Å². The van der Waals surface area contributed by atoms with Crippen LogP contribution >= 0.6 is 0 Å². The van der Waals surface area contributed by atoms with E-state index in [0.29, 0.717) is 0 Å². The van der Waals surface area contributed by atoms with E-state index in [1.165, 1.54) is 6.92 Å². The van der Waals surface area contributed by atoms with Crippen LogP contribution in [0.3, 0.4) is 0 Å². The molecule has 0 aromatic heterocycles. The second kappa shape index (κ2) is 9.02. The molecule has 0 spiro atoms. The lowest BCUT2D eigenvalue weighted by atomic mass is 10.0. The number of aliphatic carboxylic acids is 1. The Balaban J connectivity index is 2.81. The zero-order chi connectivity index (χ0) is 18.3. The van der Waals surface area contributed by atoms with Crippen molar-refractivity contribution >= 4 is 17.8 Å². The van der Waals surface area contributed by atoms with Crippen LogP contribution in [-0.2, 0) is 20.8 Å². The molecule has 0 fully saturated rings. The van der Waals surface area contributed by atoms with Crippen molar-refractivity contribution in [3.63, 3.8) is 0 Å². The first-order chi connectivity index (χ1) is 11.2. The molecule has 0 aliphatic rings. The van der Waals surface area contributed by atoms with Gasteiger partial charge in [0.05, 0.1) is 6.04 Å². The normalized spacial score (nSPS) is 14.5. The molecule has 132 valence electrons. The van der Waals surface area contributed by atoms with E-state index in [4.69, 9.17) is 5.73 Å². The van der Waals surface area contributed by atoms with Gasteiger partial charge in [0, 0.05) is 6.42 Å². The van der Waals surface area contributed by atoms with Gasteiger partial charge >= 0.3 is 5.97 Å². The van der Waals surface area contributed by atoms with Gasteiger partial charge in [0.15, 0.2) is 0 Å². The quantitative estimate of drug-likeness (QED) is 0.544. The number of carboxylic acids is 1. The maximum atomic E-state index is 12.4. The zero-order valence-electron chi connectivity index (χ0n) is 14.2. The van der Waals surface area contributed by atoms with Crippen molar-refractivity contribution in [1.82, 2.24) is 10.6 Å². The molecule has 24 heavy (non-hydrogen) atoms. The average molecular weight is 335 g/mol. The number of hydrogen-bond acceptors (Lipinski definition) is 4. The van der Waals surface area contributed by atoms with Gasteiger partial charge in [-0.05, 0) is 18.4 Å². The Hall–Kier alpha value is -2.41. The summed E-state index contributed by atoms with van der Waals surface area (Å²) in [5, 5.41) is 14.4. The highest BCUT2D eigenvalue weighted by molar-refractivity contribution is 5.91. The van der Waals surface area contributed by atoms with Crippen molar-refractivity contribution in [2.75, 3.05) is 0 Å². The van der Waals surface area contributed by atoms with Gasteiger partial charge in [-0.3, -0.25) is 9.59 Å². The molecular formula is C17H25N3O4. The number of carbonyl (C=O) groups is 3. The number of carboxylic acid groups (broad SMARTS) is 1. The molecule has 7 nitrogen and oxygen atoms in total. The van der Waals surface area contributed by atoms with Gasteiger partial charge in [-0.2, -0.15) is 0 Å². The summed E-state index contributed by atoms with van der Waals surface area (Å²) in [5.41, 5.74) is 6.30. The lowest BCUT2D eigenvalue weighted by Gasteiger charge is -2.24. The molecule has 0 unspecified atom stereocenters. The SMILES string of the molecule is CC(C)[C@H](NC(=O)[C@H](C)N)C(=O)N[C@@H](Cc1ccccc1)C(=O)O. The van der Waals surface area contributed by atoms with E-state index in [-0.39, 0.29) is 12.3 Å². The lowest BCUT2D eigenvalue weighted by Crippen LogP contribution is -2.56. The van der Waals surface area contributed by atoms with E-state index in [1.54, 1.807) is 38.1 Å². The standard InChI is InChI=1S/C17H25N3O4/c1-10(2)14(20-15(21)11(3)18)16(22)19-13(17(23)24)9-12-7-5-4-6-8-12/h4-8,10-11,13-14H,9,18H2,1-3H3,(H,19,22)(H,20,21)(H,23,24)/t11-,13-,14-/m0/s1. The molecule has 3 atom stereocenters. The summed E-state index contributed by atoms with van der Waals surface area (Å²) in [6.07, 6.45) is 0.161. The highest BCUT2D eigenvalue weighted by atomic mass is 16.4. The Kier molecular flexibility index (Phi) is 7.38. The van der Waals surface area contributed by atoms with Crippen LogP contribution in [0.2, 0.25) is 0 Å². The summed E-state index contributed by atoms with van der Waals surface area (Å²) in [7, 11) is 0. The minimum Gasteiger partial charge on any atom is -0.480 e. The molecule has 0 aliphatic carbocycles. The Morgan fingerprint density at radius 2 is 1.62 bits per heavy atom. The van der Waals surface area contributed by atoms with Crippen LogP contribution in [0.15, 0.2) is 30.3 Å². The number of carbonyl (C=O) groups excluding carboxylic acids is 2. The highest BCUT2D eigenvalue weighted by Gasteiger charge is 2.29. The molecule has 7 heteroatoms. The van der Waals surface area contributed by atoms with Crippen LogP contribution in [0.5, 0.6) is 0 Å². The number of hydrogen-bond donors (Lipinski definition) is 4. The molecule has 0 aliphatic heterocycles. The zero-order valence-corrected chi connectivity index (χ0v) is 14.2. The molecule has 1 rings (SSSR count). The largest absolute Gasteiger partial charge is 0.480 e. The van der Waals surface area contributed by atoms with Gasteiger partial charge in [-0.15, -0.1) is 0 Å². The van der Waals surface area contributed by atoms with Gasteiger partial charge in [-0.25, -0.2) is 4.79 Å². The fourth-order valence-corrected chi connectivity index (χ4v) is 2.13. The predicted octanol–water partition coefficient (Wildman–Crippen LogP) is 0.287. The van der Waals surface area contributed by atoms with E-state index in [1.807, 2.05) is 6.07 Å². The summed E-state index contributed by atoms with van der Waals surface area (Å²) in [4.78, 5) is 35.6.